The quantitative estimate of drug-likeness (QED) is 0.308. The molecule has 31 heavy (non-hydrogen) atoms. The van der Waals surface area contributed by atoms with Crippen molar-refractivity contribution in [3.63, 3.8) is 0 Å². The minimum Gasteiger partial charge on any atom is -0.507 e. The van der Waals surface area contributed by atoms with Gasteiger partial charge in [-0.05, 0) is 90.0 Å². The minimum atomic E-state index is -0.467. The fraction of sp³-hybridized carbons (Fsp3) is 0.148. The molecule has 0 aliphatic rings. The highest BCUT2D eigenvalue weighted by atomic mass is 19.1. The first-order valence-electron chi connectivity index (χ1n) is 10.2. The molecular formula is C27H23FO3. The van der Waals surface area contributed by atoms with Crippen molar-refractivity contribution >= 4 is 16.7 Å². The van der Waals surface area contributed by atoms with E-state index < -0.39 is 5.97 Å². The zero-order valence-electron chi connectivity index (χ0n) is 17.5. The van der Waals surface area contributed by atoms with Crippen molar-refractivity contribution in [2.45, 2.75) is 26.7 Å². The second-order valence-electron chi connectivity index (χ2n) is 7.78. The zero-order valence-corrected chi connectivity index (χ0v) is 17.5. The van der Waals surface area contributed by atoms with Gasteiger partial charge in [-0.3, -0.25) is 0 Å². The summed E-state index contributed by atoms with van der Waals surface area (Å²) in [4.78, 5) is 13.0. The summed E-state index contributed by atoms with van der Waals surface area (Å²) in [5, 5.41) is 12.0. The molecule has 0 bridgehead atoms. The number of carbonyl (C=O) groups excluding carboxylic acids is 1. The Hall–Kier alpha value is -3.66. The van der Waals surface area contributed by atoms with Gasteiger partial charge in [-0.15, -0.1) is 0 Å². The largest absolute Gasteiger partial charge is 0.507 e. The molecule has 4 aromatic rings. The molecule has 0 aliphatic heterocycles. The number of halogens is 1. The fourth-order valence-electron chi connectivity index (χ4n) is 3.82. The van der Waals surface area contributed by atoms with Gasteiger partial charge in [0.05, 0.1) is 5.56 Å². The van der Waals surface area contributed by atoms with Crippen molar-refractivity contribution in [1.82, 2.24) is 0 Å². The summed E-state index contributed by atoms with van der Waals surface area (Å²) in [5.41, 5.74) is 4.15. The predicted octanol–water partition coefficient (Wildman–Crippen LogP) is 6.31. The maximum absolute atomic E-state index is 13.2. The van der Waals surface area contributed by atoms with Crippen LogP contribution in [0.3, 0.4) is 0 Å². The number of aromatic hydroxyl groups is 1. The number of phenols is 1. The maximum Gasteiger partial charge on any atom is 0.343 e. The number of hydrogen-bond acceptors (Lipinski definition) is 3. The van der Waals surface area contributed by atoms with E-state index >= 15 is 0 Å². The van der Waals surface area contributed by atoms with E-state index in [1.807, 2.05) is 62.4 Å². The number of hydrogen-bond donors (Lipinski definition) is 1. The van der Waals surface area contributed by atoms with Gasteiger partial charge in [0.25, 0.3) is 0 Å². The lowest BCUT2D eigenvalue weighted by molar-refractivity contribution is 0.0733. The Kier molecular flexibility index (Phi) is 5.72. The number of aryl methyl sites for hydroxylation is 4. The molecule has 3 nitrogen and oxygen atoms in total. The summed E-state index contributed by atoms with van der Waals surface area (Å²) < 4.78 is 18.7. The summed E-state index contributed by atoms with van der Waals surface area (Å²) in [6, 6.07) is 21.1. The summed E-state index contributed by atoms with van der Waals surface area (Å²) in [5.74, 6) is -0.232. The molecule has 0 heterocycles. The van der Waals surface area contributed by atoms with E-state index in [0.717, 1.165) is 39.4 Å². The van der Waals surface area contributed by atoms with Crippen LogP contribution >= 0.6 is 0 Å². The van der Waals surface area contributed by atoms with Crippen molar-refractivity contribution in [2.24, 2.45) is 0 Å². The van der Waals surface area contributed by atoms with Crippen LogP contribution in [0.5, 0.6) is 11.5 Å². The van der Waals surface area contributed by atoms with Gasteiger partial charge in [0, 0.05) is 0 Å². The molecule has 0 spiro atoms. The van der Waals surface area contributed by atoms with Crippen LogP contribution in [-0.2, 0) is 12.8 Å². The Morgan fingerprint density at radius 1 is 0.871 bits per heavy atom. The van der Waals surface area contributed by atoms with Crippen molar-refractivity contribution in [1.29, 1.82) is 0 Å². The molecule has 0 saturated carbocycles. The van der Waals surface area contributed by atoms with Gasteiger partial charge in [-0.1, -0.05) is 42.5 Å². The van der Waals surface area contributed by atoms with Crippen molar-refractivity contribution < 1.29 is 19.0 Å². The summed E-state index contributed by atoms with van der Waals surface area (Å²) in [6.07, 6.45) is 1.36. The third-order valence-electron chi connectivity index (χ3n) is 5.45. The normalized spacial score (nSPS) is 10.9. The number of phenolic OH excluding ortho intramolecular Hbond substituents is 1. The van der Waals surface area contributed by atoms with Gasteiger partial charge in [0.1, 0.15) is 17.3 Å². The molecule has 0 amide bonds. The van der Waals surface area contributed by atoms with E-state index in [0.29, 0.717) is 23.5 Å². The second-order valence-corrected chi connectivity index (χ2v) is 7.78. The molecule has 0 fully saturated rings. The molecule has 0 unspecified atom stereocenters. The number of benzene rings is 4. The van der Waals surface area contributed by atoms with Crippen LogP contribution < -0.4 is 4.74 Å². The number of carbonyl (C=O) groups is 1. The maximum atomic E-state index is 13.2. The van der Waals surface area contributed by atoms with Gasteiger partial charge < -0.3 is 9.84 Å². The minimum absolute atomic E-state index is 0.301. The van der Waals surface area contributed by atoms with Crippen LogP contribution in [0.4, 0.5) is 4.39 Å². The third kappa shape index (κ3) is 4.58. The van der Waals surface area contributed by atoms with Crippen molar-refractivity contribution in [2.75, 3.05) is 0 Å². The molecule has 0 aliphatic carbocycles. The van der Waals surface area contributed by atoms with Crippen LogP contribution in [0.15, 0.2) is 72.8 Å². The molecule has 0 atom stereocenters. The Labute approximate surface area is 180 Å². The van der Waals surface area contributed by atoms with E-state index in [-0.39, 0.29) is 5.82 Å². The molecule has 4 aromatic carbocycles. The number of ether oxygens (including phenoxy) is 1. The van der Waals surface area contributed by atoms with Crippen LogP contribution in [0, 0.1) is 19.7 Å². The van der Waals surface area contributed by atoms with Gasteiger partial charge in [-0.25, -0.2) is 9.18 Å². The van der Waals surface area contributed by atoms with Crippen molar-refractivity contribution in [3.05, 3.63) is 106 Å². The van der Waals surface area contributed by atoms with Crippen molar-refractivity contribution in [3.8, 4) is 11.5 Å². The standard InChI is InChI=1S/C27H23FO3/c1-17-13-19(14-18(2)26(17)29)7-8-22-15-20-5-3-4-6-21(20)16-25(22)27(30)31-24-11-9-23(28)10-12-24/h3-6,9-16,29H,7-8H2,1-2H3. The number of esters is 1. The van der Waals surface area contributed by atoms with Gasteiger partial charge >= 0.3 is 5.97 Å². The molecule has 1 N–H and O–H groups in total. The molecular weight excluding hydrogens is 391 g/mol. The third-order valence-corrected chi connectivity index (χ3v) is 5.45. The van der Waals surface area contributed by atoms with Crippen LogP contribution in [-0.4, -0.2) is 11.1 Å². The highest BCUT2D eigenvalue weighted by molar-refractivity contribution is 5.98. The van der Waals surface area contributed by atoms with E-state index in [1.54, 1.807) is 0 Å². The number of fused-ring (bicyclic) bond motifs is 1. The van der Waals surface area contributed by atoms with Gasteiger partial charge in [-0.2, -0.15) is 0 Å². The lowest BCUT2D eigenvalue weighted by Crippen LogP contribution is -2.12. The first-order chi connectivity index (χ1) is 14.9. The predicted molar refractivity (Wildman–Crippen MR) is 120 cm³/mol. The van der Waals surface area contributed by atoms with E-state index in [9.17, 15) is 14.3 Å². The Bertz CT molecular complexity index is 1240. The summed E-state index contributed by atoms with van der Waals surface area (Å²) >= 11 is 0. The van der Waals surface area contributed by atoms with Crippen LogP contribution in [0.1, 0.15) is 32.6 Å². The fourth-order valence-corrected chi connectivity index (χ4v) is 3.82. The first kappa shape index (κ1) is 20.6. The van der Waals surface area contributed by atoms with E-state index in [2.05, 4.69) is 0 Å². The smallest absolute Gasteiger partial charge is 0.343 e. The first-order valence-corrected chi connectivity index (χ1v) is 10.2. The second kappa shape index (κ2) is 8.60. The molecule has 4 heteroatoms. The molecule has 4 rings (SSSR count). The molecule has 156 valence electrons. The Morgan fingerprint density at radius 3 is 2.13 bits per heavy atom. The molecule has 0 aromatic heterocycles. The highest BCUT2D eigenvalue weighted by Gasteiger charge is 2.16. The average Bonchev–Trinajstić information content (AvgIpc) is 2.76. The lowest BCUT2D eigenvalue weighted by atomic mass is 9.95. The van der Waals surface area contributed by atoms with Crippen LogP contribution in [0.2, 0.25) is 0 Å². The zero-order chi connectivity index (χ0) is 22.0. The Morgan fingerprint density at radius 2 is 1.48 bits per heavy atom. The van der Waals surface area contributed by atoms with E-state index in [1.165, 1.54) is 24.3 Å². The molecule has 0 saturated heterocycles. The van der Waals surface area contributed by atoms with Crippen LogP contribution in [0.25, 0.3) is 10.8 Å². The van der Waals surface area contributed by atoms with Gasteiger partial charge in [0.2, 0.25) is 0 Å². The highest BCUT2D eigenvalue weighted by Crippen LogP contribution is 2.26. The van der Waals surface area contributed by atoms with Gasteiger partial charge in [0.15, 0.2) is 0 Å². The number of rotatable bonds is 5. The summed E-state index contributed by atoms with van der Waals surface area (Å²) in [7, 11) is 0. The summed E-state index contributed by atoms with van der Waals surface area (Å²) in [6.45, 7) is 3.76. The van der Waals surface area contributed by atoms with E-state index in [4.69, 9.17) is 4.74 Å². The molecule has 0 radical (unpaired) electrons. The SMILES string of the molecule is Cc1cc(CCc2cc3ccccc3cc2C(=O)Oc2ccc(F)cc2)cc(C)c1O. The monoisotopic (exact) mass is 414 g/mol. The average molecular weight is 414 g/mol. The topological polar surface area (TPSA) is 46.5 Å². The lowest BCUT2D eigenvalue weighted by Gasteiger charge is -2.13. The Balaban J connectivity index is 1.66.